The number of hydrogen-bond acceptors (Lipinski definition) is 4. The molecule has 0 radical (unpaired) electrons. The molecule has 19 heavy (non-hydrogen) atoms. The van der Waals surface area contributed by atoms with E-state index in [1.54, 1.807) is 0 Å². The summed E-state index contributed by atoms with van der Waals surface area (Å²) >= 11 is 0.845. The second kappa shape index (κ2) is 6.46. The minimum Gasteiger partial charge on any atom is -0.406 e. The van der Waals surface area contributed by atoms with E-state index in [0.717, 1.165) is 23.9 Å². The van der Waals surface area contributed by atoms with Crippen LogP contribution in [0.25, 0.3) is 0 Å². The highest BCUT2D eigenvalue weighted by Gasteiger charge is 2.30. The van der Waals surface area contributed by atoms with Crippen LogP contribution in [0.5, 0.6) is 5.75 Å². The fourth-order valence-corrected chi connectivity index (χ4v) is 1.51. The number of hydrogen-bond donors (Lipinski definition) is 1. The molecule has 0 aliphatic heterocycles. The molecule has 8 heteroatoms. The van der Waals surface area contributed by atoms with E-state index in [9.17, 15) is 22.8 Å². The highest BCUT2D eigenvalue weighted by molar-refractivity contribution is 8.14. The fourth-order valence-electron chi connectivity index (χ4n) is 1.10. The van der Waals surface area contributed by atoms with Gasteiger partial charge < -0.3 is 10.1 Å². The Morgan fingerprint density at radius 3 is 2.32 bits per heavy atom. The van der Waals surface area contributed by atoms with E-state index in [0.29, 0.717) is 5.69 Å². The number of nitrogens with one attached hydrogen (secondary N) is 1. The summed E-state index contributed by atoms with van der Waals surface area (Å²) in [5, 5.41) is 2.25. The number of thioether (sulfide) groups is 1. The second-order valence-electron chi connectivity index (χ2n) is 3.40. The zero-order chi connectivity index (χ0) is 14.5. The molecule has 0 unspecified atom stereocenters. The van der Waals surface area contributed by atoms with E-state index in [1.807, 2.05) is 0 Å². The number of amides is 1. The van der Waals surface area contributed by atoms with Crippen molar-refractivity contribution in [3.05, 3.63) is 24.3 Å². The van der Waals surface area contributed by atoms with Crippen LogP contribution >= 0.6 is 11.8 Å². The van der Waals surface area contributed by atoms with E-state index in [4.69, 9.17) is 0 Å². The van der Waals surface area contributed by atoms with Gasteiger partial charge in [0.25, 0.3) is 0 Å². The molecule has 0 aliphatic rings. The SMILES string of the molecule is CC(=O)SCC(=O)Nc1ccc(OC(F)(F)F)cc1. The van der Waals surface area contributed by atoms with Gasteiger partial charge in [-0.2, -0.15) is 0 Å². The van der Waals surface area contributed by atoms with Crippen LogP contribution in [0, 0.1) is 0 Å². The van der Waals surface area contributed by atoms with Crippen molar-refractivity contribution in [1.82, 2.24) is 0 Å². The molecule has 0 aromatic heterocycles. The van der Waals surface area contributed by atoms with Gasteiger partial charge in [0.2, 0.25) is 5.91 Å². The summed E-state index contributed by atoms with van der Waals surface area (Å²) in [6.45, 7) is 1.33. The van der Waals surface area contributed by atoms with Crippen LogP contribution < -0.4 is 10.1 Å². The summed E-state index contributed by atoms with van der Waals surface area (Å²) in [6.07, 6.45) is -4.75. The van der Waals surface area contributed by atoms with Crippen molar-refractivity contribution in [3.8, 4) is 5.75 Å². The number of benzene rings is 1. The lowest BCUT2D eigenvalue weighted by atomic mass is 10.3. The Morgan fingerprint density at radius 2 is 1.84 bits per heavy atom. The zero-order valence-corrected chi connectivity index (χ0v) is 10.6. The largest absolute Gasteiger partial charge is 0.573 e. The summed E-state index contributed by atoms with van der Waals surface area (Å²) in [5.41, 5.74) is 0.323. The lowest BCUT2D eigenvalue weighted by Crippen LogP contribution is -2.17. The Morgan fingerprint density at radius 1 is 1.26 bits per heavy atom. The summed E-state index contributed by atoms with van der Waals surface area (Å²) in [5.74, 6) is -0.829. The average Bonchev–Trinajstić information content (AvgIpc) is 2.27. The molecule has 4 nitrogen and oxygen atoms in total. The lowest BCUT2D eigenvalue weighted by molar-refractivity contribution is -0.274. The normalized spacial score (nSPS) is 10.9. The molecule has 0 saturated carbocycles. The maximum Gasteiger partial charge on any atom is 0.573 e. The van der Waals surface area contributed by atoms with Crippen LogP contribution in [0.15, 0.2) is 24.3 Å². The quantitative estimate of drug-likeness (QED) is 0.927. The van der Waals surface area contributed by atoms with Gasteiger partial charge in [-0.05, 0) is 24.3 Å². The minimum atomic E-state index is -4.75. The van der Waals surface area contributed by atoms with Crippen molar-refractivity contribution < 1.29 is 27.5 Å². The van der Waals surface area contributed by atoms with E-state index in [1.165, 1.54) is 19.1 Å². The van der Waals surface area contributed by atoms with Crippen LogP contribution in [0.2, 0.25) is 0 Å². The molecule has 104 valence electrons. The molecule has 0 aliphatic carbocycles. The molecule has 0 atom stereocenters. The van der Waals surface area contributed by atoms with Crippen LogP contribution in [0.3, 0.4) is 0 Å². The van der Waals surface area contributed by atoms with Gasteiger partial charge in [-0.25, -0.2) is 0 Å². The molecule has 0 bridgehead atoms. The van der Waals surface area contributed by atoms with Gasteiger partial charge >= 0.3 is 6.36 Å². The number of halogens is 3. The molecular formula is C11H10F3NO3S. The van der Waals surface area contributed by atoms with Crippen molar-refractivity contribution >= 4 is 28.5 Å². The van der Waals surface area contributed by atoms with E-state index >= 15 is 0 Å². The molecule has 1 amide bonds. The standard InChI is InChI=1S/C11H10F3NO3S/c1-7(16)19-6-10(17)15-8-2-4-9(5-3-8)18-11(12,13)14/h2-5H,6H2,1H3,(H,15,17). The van der Waals surface area contributed by atoms with Gasteiger partial charge in [0.15, 0.2) is 5.12 Å². The van der Waals surface area contributed by atoms with Crippen molar-refractivity contribution in [3.63, 3.8) is 0 Å². The molecule has 1 rings (SSSR count). The third kappa shape index (κ3) is 6.70. The first-order valence-corrected chi connectivity index (χ1v) is 6.04. The number of ether oxygens (including phenoxy) is 1. The predicted molar refractivity (Wildman–Crippen MR) is 64.9 cm³/mol. The summed E-state index contributed by atoms with van der Waals surface area (Å²) in [7, 11) is 0. The Balaban J connectivity index is 2.52. The first-order valence-electron chi connectivity index (χ1n) is 5.05. The van der Waals surface area contributed by atoms with Gasteiger partial charge in [-0.15, -0.1) is 13.2 Å². The fraction of sp³-hybridized carbons (Fsp3) is 0.273. The molecule has 0 heterocycles. The van der Waals surface area contributed by atoms with Crippen molar-refractivity contribution in [1.29, 1.82) is 0 Å². The predicted octanol–water partition coefficient (Wildman–Crippen LogP) is 2.80. The highest BCUT2D eigenvalue weighted by atomic mass is 32.2. The van der Waals surface area contributed by atoms with Gasteiger partial charge in [0.1, 0.15) is 5.75 Å². The van der Waals surface area contributed by atoms with Gasteiger partial charge in [0, 0.05) is 12.6 Å². The van der Waals surface area contributed by atoms with Crippen molar-refractivity contribution in [2.45, 2.75) is 13.3 Å². The number of rotatable bonds is 4. The van der Waals surface area contributed by atoms with Crippen LogP contribution in [0.4, 0.5) is 18.9 Å². The Kier molecular flexibility index (Phi) is 5.22. The molecule has 1 N–H and O–H groups in total. The Labute approximate surface area is 111 Å². The van der Waals surface area contributed by atoms with Gasteiger partial charge in [-0.3, -0.25) is 9.59 Å². The Hall–Kier alpha value is -1.70. The van der Waals surface area contributed by atoms with E-state index < -0.39 is 12.3 Å². The number of anilines is 1. The zero-order valence-electron chi connectivity index (χ0n) is 9.78. The molecule has 0 spiro atoms. The number of alkyl halides is 3. The minimum absolute atomic E-state index is 0.0455. The van der Waals surface area contributed by atoms with E-state index in [-0.39, 0.29) is 16.6 Å². The topological polar surface area (TPSA) is 55.4 Å². The van der Waals surface area contributed by atoms with Gasteiger partial charge in [-0.1, -0.05) is 11.8 Å². The van der Waals surface area contributed by atoms with E-state index in [2.05, 4.69) is 10.1 Å². The molecule has 0 saturated heterocycles. The maximum atomic E-state index is 11.9. The second-order valence-corrected chi connectivity index (χ2v) is 4.55. The van der Waals surface area contributed by atoms with Crippen LogP contribution in [0.1, 0.15) is 6.92 Å². The average molecular weight is 293 g/mol. The Bertz CT molecular complexity index is 459. The molecule has 1 aromatic carbocycles. The van der Waals surface area contributed by atoms with Crippen LogP contribution in [-0.2, 0) is 9.59 Å². The molecule has 0 fully saturated rings. The monoisotopic (exact) mass is 293 g/mol. The lowest BCUT2D eigenvalue weighted by Gasteiger charge is -2.09. The summed E-state index contributed by atoms with van der Waals surface area (Å²) in [4.78, 5) is 22.0. The first-order chi connectivity index (χ1) is 8.76. The van der Waals surface area contributed by atoms with Crippen molar-refractivity contribution in [2.24, 2.45) is 0 Å². The smallest absolute Gasteiger partial charge is 0.406 e. The van der Waals surface area contributed by atoms with Crippen molar-refractivity contribution in [2.75, 3.05) is 11.1 Å². The van der Waals surface area contributed by atoms with Crippen LogP contribution in [-0.4, -0.2) is 23.1 Å². The first kappa shape index (κ1) is 15.4. The molecular weight excluding hydrogens is 283 g/mol. The molecule has 1 aromatic rings. The highest BCUT2D eigenvalue weighted by Crippen LogP contribution is 2.23. The number of carbonyl (C=O) groups is 2. The summed E-state index contributed by atoms with van der Waals surface area (Å²) in [6, 6.07) is 4.72. The third-order valence-electron chi connectivity index (χ3n) is 1.78. The summed E-state index contributed by atoms with van der Waals surface area (Å²) < 4.78 is 39.4. The number of carbonyl (C=O) groups excluding carboxylic acids is 2. The maximum absolute atomic E-state index is 11.9. The third-order valence-corrected chi connectivity index (χ3v) is 2.59. The van der Waals surface area contributed by atoms with Gasteiger partial charge in [0.05, 0.1) is 5.75 Å².